The van der Waals surface area contributed by atoms with Gasteiger partial charge >= 0.3 is 0 Å². The predicted octanol–water partition coefficient (Wildman–Crippen LogP) is 6.60. The van der Waals surface area contributed by atoms with Crippen LogP contribution in [-0.4, -0.2) is 35.4 Å². The van der Waals surface area contributed by atoms with Gasteiger partial charge in [-0.1, -0.05) is 87.2 Å². The predicted molar refractivity (Wildman–Crippen MR) is 153 cm³/mol. The third-order valence-electron chi connectivity index (χ3n) is 6.73. The van der Waals surface area contributed by atoms with Crippen molar-refractivity contribution in [1.29, 1.82) is 0 Å². The Kier molecular flexibility index (Phi) is 9.81. The summed E-state index contributed by atoms with van der Waals surface area (Å²) in [7, 11) is 0. The quantitative estimate of drug-likeness (QED) is 0.276. The molecule has 5 nitrogen and oxygen atoms in total. The normalized spacial score (nSPS) is 14.2. The molecular formula is C30H32Br2N2O3. The number of carbonyl (C=O) groups excluding carboxylic acids is 2. The lowest BCUT2D eigenvalue weighted by Gasteiger charge is -2.32. The number of halogens is 2. The van der Waals surface area contributed by atoms with E-state index in [4.69, 9.17) is 4.74 Å². The zero-order valence-electron chi connectivity index (χ0n) is 21.0. The van der Waals surface area contributed by atoms with E-state index in [2.05, 4.69) is 37.2 Å². The van der Waals surface area contributed by atoms with Gasteiger partial charge in [-0.3, -0.25) is 9.59 Å². The van der Waals surface area contributed by atoms with Crippen molar-refractivity contribution < 1.29 is 14.3 Å². The fourth-order valence-corrected chi connectivity index (χ4v) is 5.15. The average molecular weight is 628 g/mol. The molecule has 194 valence electrons. The second kappa shape index (κ2) is 13.2. The lowest BCUT2D eigenvalue weighted by Crippen LogP contribution is -2.53. The molecule has 1 atom stereocenters. The monoisotopic (exact) mass is 626 g/mol. The second-order valence-corrected chi connectivity index (χ2v) is 11.3. The summed E-state index contributed by atoms with van der Waals surface area (Å²) in [6.45, 7) is 2.13. The topological polar surface area (TPSA) is 58.6 Å². The lowest BCUT2D eigenvalue weighted by atomic mass is 10.0. The summed E-state index contributed by atoms with van der Waals surface area (Å²) in [5, 5.41) is 3.23. The Morgan fingerprint density at radius 1 is 0.973 bits per heavy atom. The van der Waals surface area contributed by atoms with Crippen molar-refractivity contribution in [3.63, 3.8) is 0 Å². The average Bonchev–Trinajstić information content (AvgIpc) is 3.41. The van der Waals surface area contributed by atoms with Crippen molar-refractivity contribution in [2.24, 2.45) is 0 Å². The van der Waals surface area contributed by atoms with Crippen LogP contribution in [0, 0.1) is 6.92 Å². The number of benzene rings is 3. The van der Waals surface area contributed by atoms with Crippen molar-refractivity contribution >= 4 is 43.7 Å². The molecule has 0 spiro atoms. The first-order valence-electron chi connectivity index (χ1n) is 12.7. The van der Waals surface area contributed by atoms with Crippen molar-refractivity contribution in [3.8, 4) is 5.75 Å². The minimum atomic E-state index is -0.658. The number of amides is 2. The molecule has 3 aromatic carbocycles. The highest BCUT2D eigenvalue weighted by molar-refractivity contribution is 9.10. The molecule has 7 heteroatoms. The van der Waals surface area contributed by atoms with E-state index in [0.717, 1.165) is 51.3 Å². The van der Waals surface area contributed by atoms with E-state index in [9.17, 15) is 9.59 Å². The Morgan fingerprint density at radius 3 is 2.35 bits per heavy atom. The molecular weight excluding hydrogens is 596 g/mol. The molecule has 0 radical (unpaired) electrons. The third kappa shape index (κ3) is 7.92. The number of hydrogen-bond acceptors (Lipinski definition) is 3. The van der Waals surface area contributed by atoms with E-state index < -0.39 is 6.04 Å². The van der Waals surface area contributed by atoms with Gasteiger partial charge in [-0.2, -0.15) is 0 Å². The molecule has 0 saturated heterocycles. The van der Waals surface area contributed by atoms with Gasteiger partial charge in [0.05, 0.1) is 0 Å². The van der Waals surface area contributed by atoms with Crippen molar-refractivity contribution in [3.05, 3.63) is 98.4 Å². The van der Waals surface area contributed by atoms with Gasteiger partial charge in [0.1, 0.15) is 11.8 Å². The lowest BCUT2D eigenvalue weighted by molar-refractivity contribution is -0.143. The van der Waals surface area contributed by atoms with Gasteiger partial charge in [-0.25, -0.2) is 0 Å². The number of nitrogens with zero attached hydrogens (tertiary/aromatic N) is 1. The maximum atomic E-state index is 13.7. The van der Waals surface area contributed by atoms with Crippen molar-refractivity contribution in [1.82, 2.24) is 10.2 Å². The highest BCUT2D eigenvalue weighted by Crippen LogP contribution is 2.23. The van der Waals surface area contributed by atoms with Crippen molar-refractivity contribution in [2.45, 2.75) is 57.7 Å². The number of nitrogens with one attached hydrogen (secondary N) is 1. The minimum absolute atomic E-state index is 0.110. The maximum absolute atomic E-state index is 13.7. The molecule has 1 aliphatic carbocycles. The summed E-state index contributed by atoms with van der Waals surface area (Å²) in [5.41, 5.74) is 2.98. The molecule has 0 aliphatic heterocycles. The first-order chi connectivity index (χ1) is 17.9. The molecule has 1 aliphatic rings. The third-order valence-corrected chi connectivity index (χ3v) is 8.15. The Bertz CT molecular complexity index is 1200. The number of ether oxygens (including phenoxy) is 1. The molecule has 2 amide bonds. The van der Waals surface area contributed by atoms with Crippen LogP contribution >= 0.6 is 31.9 Å². The van der Waals surface area contributed by atoms with Crippen LogP contribution in [0.4, 0.5) is 0 Å². The highest BCUT2D eigenvalue weighted by atomic mass is 79.9. The van der Waals surface area contributed by atoms with Crippen LogP contribution in [0.1, 0.15) is 42.4 Å². The number of hydrogen-bond donors (Lipinski definition) is 1. The molecule has 0 bridgehead atoms. The molecule has 1 N–H and O–H groups in total. The minimum Gasteiger partial charge on any atom is -0.484 e. The van der Waals surface area contributed by atoms with E-state index in [1.54, 1.807) is 4.90 Å². The highest BCUT2D eigenvalue weighted by Gasteiger charge is 2.32. The molecule has 3 aromatic rings. The Balaban J connectivity index is 1.60. The van der Waals surface area contributed by atoms with E-state index in [0.29, 0.717) is 18.7 Å². The van der Waals surface area contributed by atoms with E-state index in [1.807, 2.05) is 79.7 Å². The molecule has 1 fully saturated rings. The van der Waals surface area contributed by atoms with E-state index in [1.165, 1.54) is 0 Å². The Hall–Kier alpha value is -2.64. The van der Waals surface area contributed by atoms with Crippen LogP contribution in [0.5, 0.6) is 5.75 Å². The first kappa shape index (κ1) is 27.4. The SMILES string of the molecule is Cc1cc(OCC(=O)N(Cc2ccc(Br)cc2)[C@H](Cc2ccccc2)C(=O)NC2CCCC2)ccc1Br. The fraction of sp³-hybridized carbons (Fsp3) is 0.333. The molecule has 0 heterocycles. The Morgan fingerprint density at radius 2 is 1.68 bits per heavy atom. The fourth-order valence-electron chi connectivity index (χ4n) is 4.64. The van der Waals surface area contributed by atoms with Crippen LogP contribution in [-0.2, 0) is 22.6 Å². The van der Waals surface area contributed by atoms with Crippen LogP contribution in [0.3, 0.4) is 0 Å². The molecule has 0 aromatic heterocycles. The summed E-state index contributed by atoms with van der Waals surface area (Å²) in [6.07, 6.45) is 4.64. The summed E-state index contributed by atoms with van der Waals surface area (Å²) >= 11 is 6.98. The molecule has 37 heavy (non-hydrogen) atoms. The Labute approximate surface area is 235 Å². The zero-order valence-corrected chi connectivity index (χ0v) is 24.1. The van der Waals surface area contributed by atoms with E-state index >= 15 is 0 Å². The largest absolute Gasteiger partial charge is 0.484 e. The van der Waals surface area contributed by atoms with Gasteiger partial charge in [0, 0.05) is 28.0 Å². The number of aryl methyl sites for hydroxylation is 1. The number of rotatable bonds is 10. The van der Waals surface area contributed by atoms with Gasteiger partial charge in [0.2, 0.25) is 5.91 Å². The van der Waals surface area contributed by atoms with Gasteiger partial charge < -0.3 is 15.0 Å². The smallest absolute Gasteiger partial charge is 0.261 e. The summed E-state index contributed by atoms with van der Waals surface area (Å²) in [5.74, 6) is 0.277. The van der Waals surface area contributed by atoms with Crippen LogP contribution in [0.25, 0.3) is 0 Å². The first-order valence-corrected chi connectivity index (χ1v) is 14.2. The summed E-state index contributed by atoms with van der Waals surface area (Å²) < 4.78 is 7.85. The zero-order chi connectivity index (χ0) is 26.2. The van der Waals surface area contributed by atoms with Crippen molar-refractivity contribution in [2.75, 3.05) is 6.61 Å². The maximum Gasteiger partial charge on any atom is 0.261 e. The number of carbonyl (C=O) groups is 2. The van der Waals surface area contributed by atoms with Crippen LogP contribution in [0.2, 0.25) is 0 Å². The summed E-state index contributed by atoms with van der Waals surface area (Å²) in [6, 6.07) is 22.8. The molecule has 4 rings (SSSR count). The molecule has 1 saturated carbocycles. The van der Waals surface area contributed by atoms with Gasteiger partial charge in [-0.15, -0.1) is 0 Å². The summed E-state index contributed by atoms with van der Waals surface area (Å²) in [4.78, 5) is 29.1. The standard InChI is InChI=1S/C30H32Br2N2O3/c1-21-17-26(15-16-27(21)32)37-20-29(35)34(19-23-11-13-24(31)14-12-23)28(18-22-7-3-2-4-8-22)30(36)33-25-9-5-6-10-25/h2-4,7-8,11-17,25,28H,5-6,9-10,18-20H2,1H3,(H,33,36)/t28-/m1/s1. The van der Waals surface area contributed by atoms with Gasteiger partial charge in [0.25, 0.3) is 5.91 Å². The van der Waals surface area contributed by atoms with E-state index in [-0.39, 0.29) is 24.5 Å². The van der Waals surface area contributed by atoms with Gasteiger partial charge in [0.15, 0.2) is 6.61 Å². The molecule has 0 unspecified atom stereocenters. The van der Waals surface area contributed by atoms with Crippen LogP contribution < -0.4 is 10.1 Å². The second-order valence-electron chi connectivity index (χ2n) is 9.54. The van der Waals surface area contributed by atoms with Crippen LogP contribution in [0.15, 0.2) is 81.7 Å². The van der Waals surface area contributed by atoms with Gasteiger partial charge in [-0.05, 0) is 66.8 Å².